The van der Waals surface area contributed by atoms with Crippen LogP contribution >= 0.6 is 0 Å². The zero-order valence-electron chi connectivity index (χ0n) is 16.5. The van der Waals surface area contributed by atoms with E-state index in [9.17, 15) is 14.7 Å². The number of hydrogen-bond acceptors (Lipinski definition) is 2. The summed E-state index contributed by atoms with van der Waals surface area (Å²) in [6.07, 6.45) is 18.6. The van der Waals surface area contributed by atoms with Crippen molar-refractivity contribution in [2.45, 2.75) is 96.8 Å². The fourth-order valence-corrected chi connectivity index (χ4v) is 4.12. The van der Waals surface area contributed by atoms with Crippen molar-refractivity contribution in [3.8, 4) is 0 Å². The lowest BCUT2D eigenvalue weighted by molar-refractivity contribution is -0.139. The van der Waals surface area contributed by atoms with Gasteiger partial charge >= 0.3 is 11.9 Å². The van der Waals surface area contributed by atoms with Gasteiger partial charge in [-0.25, -0.2) is 0 Å². The monoisotopic (exact) mass is 366 g/mol. The van der Waals surface area contributed by atoms with E-state index in [4.69, 9.17) is 5.11 Å². The summed E-state index contributed by atoms with van der Waals surface area (Å²) in [5, 5.41) is 17.9. The first-order valence-corrected chi connectivity index (χ1v) is 10.6. The van der Waals surface area contributed by atoms with Crippen LogP contribution in [0.2, 0.25) is 0 Å². The van der Waals surface area contributed by atoms with E-state index in [1.165, 1.54) is 25.7 Å². The van der Waals surface area contributed by atoms with E-state index in [-0.39, 0.29) is 6.42 Å². The number of aliphatic carboxylic acids is 2. The fourth-order valence-electron chi connectivity index (χ4n) is 4.12. The minimum Gasteiger partial charge on any atom is -0.481 e. The van der Waals surface area contributed by atoms with Crippen LogP contribution in [0.25, 0.3) is 0 Å². The van der Waals surface area contributed by atoms with Crippen molar-refractivity contribution in [3.63, 3.8) is 0 Å². The van der Waals surface area contributed by atoms with Crippen LogP contribution in [0.4, 0.5) is 0 Å². The molecule has 0 aliphatic heterocycles. The summed E-state index contributed by atoms with van der Waals surface area (Å²) in [6, 6.07) is 0. The van der Waals surface area contributed by atoms with Crippen LogP contribution in [0, 0.1) is 17.8 Å². The number of carboxylic acid groups (broad SMARTS) is 2. The Labute approximate surface area is 159 Å². The molecule has 0 aromatic heterocycles. The molecule has 4 nitrogen and oxygen atoms in total. The SMILES string of the molecule is CCCCCCC1C=CC(CCCCCCCC(=O)O)CC1CC(=O)O. The summed E-state index contributed by atoms with van der Waals surface area (Å²) >= 11 is 0. The second-order valence-electron chi connectivity index (χ2n) is 7.95. The van der Waals surface area contributed by atoms with Crippen LogP contribution in [0.1, 0.15) is 96.8 Å². The number of hydrogen-bond donors (Lipinski definition) is 2. The molecule has 26 heavy (non-hydrogen) atoms. The van der Waals surface area contributed by atoms with Crippen LogP contribution in [-0.2, 0) is 9.59 Å². The van der Waals surface area contributed by atoms with Crippen LogP contribution in [-0.4, -0.2) is 22.2 Å². The summed E-state index contributed by atoms with van der Waals surface area (Å²) in [5.41, 5.74) is 0. The van der Waals surface area contributed by atoms with Gasteiger partial charge in [-0.15, -0.1) is 0 Å². The molecule has 1 rings (SSSR count). The first-order valence-electron chi connectivity index (χ1n) is 10.6. The van der Waals surface area contributed by atoms with Crippen molar-refractivity contribution in [3.05, 3.63) is 12.2 Å². The third-order valence-corrected chi connectivity index (χ3v) is 5.63. The molecule has 3 unspecified atom stereocenters. The molecule has 3 atom stereocenters. The van der Waals surface area contributed by atoms with Crippen molar-refractivity contribution in [1.82, 2.24) is 0 Å². The van der Waals surface area contributed by atoms with Gasteiger partial charge in [0.2, 0.25) is 0 Å². The molecule has 0 radical (unpaired) electrons. The summed E-state index contributed by atoms with van der Waals surface area (Å²) < 4.78 is 0. The standard InChI is InChI=1S/C22H38O4/c1-2-3-4-9-12-19-15-14-18(16-20(19)17-22(25)26)11-8-6-5-7-10-13-21(23)24/h14-15,18-20H,2-13,16-17H2,1H3,(H,23,24)(H,25,26). The van der Waals surface area contributed by atoms with Gasteiger partial charge in [0.15, 0.2) is 0 Å². The van der Waals surface area contributed by atoms with Crippen molar-refractivity contribution < 1.29 is 19.8 Å². The molecule has 0 aromatic carbocycles. The predicted octanol–water partition coefficient (Wildman–Crippen LogP) is 6.06. The van der Waals surface area contributed by atoms with Crippen LogP contribution in [0.3, 0.4) is 0 Å². The minimum atomic E-state index is -0.703. The van der Waals surface area contributed by atoms with Crippen molar-refractivity contribution >= 4 is 11.9 Å². The molecule has 0 bridgehead atoms. The van der Waals surface area contributed by atoms with Crippen molar-refractivity contribution in [2.75, 3.05) is 0 Å². The number of allylic oxidation sites excluding steroid dienone is 2. The molecule has 150 valence electrons. The largest absolute Gasteiger partial charge is 0.481 e. The molecule has 4 heteroatoms. The Morgan fingerprint density at radius 1 is 0.846 bits per heavy atom. The van der Waals surface area contributed by atoms with Gasteiger partial charge < -0.3 is 10.2 Å². The number of carbonyl (C=O) groups is 2. The van der Waals surface area contributed by atoms with E-state index in [0.717, 1.165) is 51.4 Å². The van der Waals surface area contributed by atoms with Gasteiger partial charge in [-0.1, -0.05) is 70.4 Å². The molecule has 0 saturated carbocycles. The highest BCUT2D eigenvalue weighted by atomic mass is 16.4. The van der Waals surface area contributed by atoms with Crippen molar-refractivity contribution in [1.29, 1.82) is 0 Å². The summed E-state index contributed by atoms with van der Waals surface area (Å²) in [4.78, 5) is 21.7. The first-order chi connectivity index (χ1) is 12.5. The number of rotatable bonds is 15. The Morgan fingerprint density at radius 3 is 2.19 bits per heavy atom. The third-order valence-electron chi connectivity index (χ3n) is 5.63. The molecule has 1 aliphatic carbocycles. The van der Waals surface area contributed by atoms with E-state index in [1.807, 2.05) is 0 Å². The molecule has 0 heterocycles. The van der Waals surface area contributed by atoms with Crippen LogP contribution in [0.15, 0.2) is 12.2 Å². The van der Waals surface area contributed by atoms with Gasteiger partial charge in [-0.05, 0) is 43.4 Å². The lowest BCUT2D eigenvalue weighted by Crippen LogP contribution is -2.23. The highest BCUT2D eigenvalue weighted by Crippen LogP contribution is 2.36. The highest BCUT2D eigenvalue weighted by Gasteiger charge is 2.27. The molecular weight excluding hydrogens is 328 g/mol. The summed E-state index contributed by atoms with van der Waals surface area (Å²) in [5.74, 6) is -0.118. The predicted molar refractivity (Wildman–Crippen MR) is 105 cm³/mol. The molecule has 1 aliphatic rings. The molecular formula is C22H38O4. The molecule has 0 aromatic rings. The molecule has 0 fully saturated rings. The molecule has 0 spiro atoms. The number of unbranched alkanes of at least 4 members (excludes halogenated alkanes) is 7. The smallest absolute Gasteiger partial charge is 0.303 e. The van der Waals surface area contributed by atoms with Gasteiger partial charge in [0.1, 0.15) is 0 Å². The summed E-state index contributed by atoms with van der Waals surface area (Å²) in [6.45, 7) is 2.21. The Kier molecular flexibility index (Phi) is 12.1. The molecule has 2 N–H and O–H groups in total. The average molecular weight is 367 g/mol. The normalized spacial score (nSPS) is 22.4. The first kappa shape index (κ1) is 22.7. The van der Waals surface area contributed by atoms with Crippen LogP contribution in [0.5, 0.6) is 0 Å². The van der Waals surface area contributed by atoms with Crippen molar-refractivity contribution in [2.24, 2.45) is 17.8 Å². The lowest BCUT2D eigenvalue weighted by atomic mass is 9.74. The Bertz CT molecular complexity index is 430. The fraction of sp³-hybridized carbons (Fsp3) is 0.818. The van der Waals surface area contributed by atoms with E-state index >= 15 is 0 Å². The topological polar surface area (TPSA) is 74.6 Å². The highest BCUT2D eigenvalue weighted by molar-refractivity contribution is 5.67. The van der Waals surface area contributed by atoms with Gasteiger partial charge in [0.05, 0.1) is 0 Å². The van der Waals surface area contributed by atoms with Crippen LogP contribution < -0.4 is 0 Å². The Hall–Kier alpha value is -1.32. The Morgan fingerprint density at radius 2 is 1.50 bits per heavy atom. The van der Waals surface area contributed by atoms with Gasteiger partial charge in [-0.3, -0.25) is 9.59 Å². The minimum absolute atomic E-state index is 0.280. The van der Waals surface area contributed by atoms with E-state index in [2.05, 4.69) is 19.1 Å². The second-order valence-corrected chi connectivity index (χ2v) is 7.95. The maximum atomic E-state index is 11.2. The third kappa shape index (κ3) is 10.6. The van der Waals surface area contributed by atoms with E-state index in [0.29, 0.717) is 24.2 Å². The average Bonchev–Trinajstić information content (AvgIpc) is 2.58. The maximum absolute atomic E-state index is 11.2. The second kappa shape index (κ2) is 13.8. The van der Waals surface area contributed by atoms with Gasteiger partial charge in [-0.2, -0.15) is 0 Å². The Balaban J connectivity index is 2.29. The summed E-state index contributed by atoms with van der Waals surface area (Å²) in [7, 11) is 0. The lowest BCUT2D eigenvalue weighted by Gasteiger charge is -2.31. The van der Waals surface area contributed by atoms with Gasteiger partial charge in [0.25, 0.3) is 0 Å². The quantitative estimate of drug-likeness (QED) is 0.273. The van der Waals surface area contributed by atoms with Gasteiger partial charge in [0, 0.05) is 12.8 Å². The zero-order valence-corrected chi connectivity index (χ0v) is 16.5. The van der Waals surface area contributed by atoms with E-state index < -0.39 is 11.9 Å². The zero-order chi connectivity index (χ0) is 19.2. The molecule has 0 saturated heterocycles. The maximum Gasteiger partial charge on any atom is 0.303 e. The number of carboxylic acids is 2. The van der Waals surface area contributed by atoms with E-state index in [1.54, 1.807) is 0 Å². The molecule has 0 amide bonds.